The number of carboxylic acid groups (broad SMARTS) is 1. The van der Waals surface area contributed by atoms with Crippen LogP contribution in [0.2, 0.25) is 0 Å². The molecule has 7 nitrogen and oxygen atoms in total. The normalized spacial score (nSPS) is 19.8. The second-order valence-corrected chi connectivity index (χ2v) is 9.26. The smallest absolute Gasteiger partial charge is 0.303 e. The molecule has 148 valence electrons. The van der Waals surface area contributed by atoms with E-state index in [9.17, 15) is 18.0 Å². The van der Waals surface area contributed by atoms with Crippen LogP contribution in [-0.4, -0.2) is 60.8 Å². The Morgan fingerprint density at radius 3 is 2.11 bits per heavy atom. The first-order valence-electron chi connectivity index (χ1n) is 9.49. The summed E-state index contributed by atoms with van der Waals surface area (Å²) in [7, 11) is -3.50. The summed E-state index contributed by atoms with van der Waals surface area (Å²) >= 11 is 0. The van der Waals surface area contributed by atoms with Gasteiger partial charge in [0.25, 0.3) is 5.91 Å². The lowest BCUT2D eigenvalue weighted by Crippen LogP contribution is -2.39. The van der Waals surface area contributed by atoms with Gasteiger partial charge in [-0.2, -0.15) is 4.31 Å². The minimum absolute atomic E-state index is 0.114. The van der Waals surface area contributed by atoms with Gasteiger partial charge < -0.3 is 10.0 Å². The predicted octanol–water partition coefficient (Wildman–Crippen LogP) is 2.19. The highest BCUT2D eigenvalue weighted by atomic mass is 32.2. The maximum atomic E-state index is 12.7. The fourth-order valence-corrected chi connectivity index (χ4v) is 5.31. The van der Waals surface area contributed by atoms with Gasteiger partial charge in [-0.15, -0.1) is 0 Å². The number of rotatable bonds is 5. The quantitative estimate of drug-likeness (QED) is 0.826. The Balaban J connectivity index is 1.63. The Morgan fingerprint density at radius 2 is 1.56 bits per heavy atom. The molecule has 2 fully saturated rings. The Morgan fingerprint density at radius 1 is 0.963 bits per heavy atom. The molecule has 3 rings (SSSR count). The van der Waals surface area contributed by atoms with E-state index in [1.165, 1.54) is 16.4 Å². The van der Waals surface area contributed by atoms with Gasteiger partial charge in [0.15, 0.2) is 0 Å². The third kappa shape index (κ3) is 4.68. The number of carbonyl (C=O) groups is 2. The number of aliphatic carboxylic acids is 1. The first-order valence-corrected chi connectivity index (χ1v) is 10.9. The van der Waals surface area contributed by atoms with Crippen LogP contribution in [0.1, 0.15) is 48.9 Å². The molecule has 1 aromatic rings. The molecule has 2 aliphatic rings. The molecular weight excluding hydrogens is 368 g/mol. The summed E-state index contributed by atoms with van der Waals surface area (Å²) in [6.07, 6.45) is 4.33. The van der Waals surface area contributed by atoms with Crippen LogP contribution in [0.15, 0.2) is 29.2 Å². The highest BCUT2D eigenvalue weighted by Crippen LogP contribution is 2.24. The number of hydrogen-bond donors (Lipinski definition) is 1. The van der Waals surface area contributed by atoms with Gasteiger partial charge in [0, 0.05) is 38.2 Å². The molecule has 1 N–H and O–H groups in total. The van der Waals surface area contributed by atoms with Gasteiger partial charge in [-0.05, 0) is 55.9 Å². The number of nitrogens with zero attached hydrogens (tertiary/aromatic N) is 2. The Kier molecular flexibility index (Phi) is 6.16. The first-order chi connectivity index (χ1) is 12.9. The minimum Gasteiger partial charge on any atom is -0.481 e. The summed E-state index contributed by atoms with van der Waals surface area (Å²) in [6, 6.07) is 6.16. The van der Waals surface area contributed by atoms with Gasteiger partial charge in [-0.25, -0.2) is 8.42 Å². The van der Waals surface area contributed by atoms with Gasteiger partial charge >= 0.3 is 5.97 Å². The fourth-order valence-electron chi connectivity index (χ4n) is 3.79. The van der Waals surface area contributed by atoms with E-state index in [1.807, 2.05) is 0 Å². The third-order valence-corrected chi connectivity index (χ3v) is 7.33. The number of sulfonamides is 1. The Labute approximate surface area is 160 Å². The fraction of sp³-hybridized carbons (Fsp3) is 0.579. The van der Waals surface area contributed by atoms with Crippen LogP contribution in [0, 0.1) is 5.92 Å². The number of carbonyl (C=O) groups excluding carboxylic acids is 1. The number of benzene rings is 1. The van der Waals surface area contributed by atoms with Crippen LogP contribution in [0.5, 0.6) is 0 Å². The molecule has 8 heteroatoms. The van der Waals surface area contributed by atoms with E-state index in [4.69, 9.17) is 5.11 Å². The van der Waals surface area contributed by atoms with Gasteiger partial charge in [-0.1, -0.05) is 6.42 Å². The van der Waals surface area contributed by atoms with E-state index >= 15 is 0 Å². The van der Waals surface area contributed by atoms with Crippen molar-refractivity contribution in [3.05, 3.63) is 29.8 Å². The molecule has 1 amide bonds. The maximum Gasteiger partial charge on any atom is 0.303 e. The molecule has 2 aliphatic heterocycles. The van der Waals surface area contributed by atoms with Crippen molar-refractivity contribution in [2.45, 2.75) is 43.4 Å². The summed E-state index contributed by atoms with van der Waals surface area (Å²) < 4.78 is 26.9. The van der Waals surface area contributed by atoms with Crippen molar-refractivity contribution in [2.75, 3.05) is 26.2 Å². The first kappa shape index (κ1) is 19.8. The van der Waals surface area contributed by atoms with Gasteiger partial charge in [0.2, 0.25) is 10.0 Å². The van der Waals surface area contributed by atoms with Crippen molar-refractivity contribution in [3.8, 4) is 0 Å². The molecule has 0 saturated carbocycles. The van der Waals surface area contributed by atoms with Gasteiger partial charge in [0.1, 0.15) is 0 Å². The minimum atomic E-state index is -3.50. The largest absolute Gasteiger partial charge is 0.481 e. The van der Waals surface area contributed by atoms with Gasteiger partial charge in [-0.3, -0.25) is 9.59 Å². The van der Waals surface area contributed by atoms with E-state index < -0.39 is 16.0 Å². The monoisotopic (exact) mass is 394 g/mol. The average Bonchev–Trinajstić information content (AvgIpc) is 2.68. The Hall–Kier alpha value is -1.93. The second kappa shape index (κ2) is 8.39. The molecule has 0 unspecified atom stereocenters. The summed E-state index contributed by atoms with van der Waals surface area (Å²) in [5.41, 5.74) is 0.462. The number of likely N-dealkylation sites (tertiary alicyclic amines) is 1. The summed E-state index contributed by atoms with van der Waals surface area (Å²) in [5, 5.41) is 8.87. The van der Waals surface area contributed by atoms with Crippen molar-refractivity contribution in [3.63, 3.8) is 0 Å². The highest BCUT2D eigenvalue weighted by molar-refractivity contribution is 7.89. The van der Waals surface area contributed by atoms with Crippen LogP contribution >= 0.6 is 0 Å². The molecule has 1 aromatic carbocycles. The van der Waals surface area contributed by atoms with Crippen LogP contribution < -0.4 is 0 Å². The van der Waals surface area contributed by atoms with E-state index in [2.05, 4.69) is 0 Å². The topological polar surface area (TPSA) is 95.0 Å². The van der Waals surface area contributed by atoms with E-state index in [1.54, 1.807) is 17.0 Å². The number of piperidine rings is 2. The molecular formula is C19H26N2O5S. The molecule has 2 saturated heterocycles. The molecule has 0 radical (unpaired) electrons. The average molecular weight is 394 g/mol. The van der Waals surface area contributed by atoms with Crippen molar-refractivity contribution in [1.29, 1.82) is 0 Å². The number of carboxylic acids is 1. The lowest BCUT2D eigenvalue weighted by molar-refractivity contribution is -0.138. The lowest BCUT2D eigenvalue weighted by Gasteiger charge is -2.31. The predicted molar refractivity (Wildman–Crippen MR) is 99.9 cm³/mol. The zero-order valence-corrected chi connectivity index (χ0v) is 16.2. The molecule has 0 atom stereocenters. The summed E-state index contributed by atoms with van der Waals surface area (Å²) in [5.74, 6) is -0.820. The second-order valence-electron chi connectivity index (χ2n) is 7.32. The van der Waals surface area contributed by atoms with E-state index in [0.29, 0.717) is 44.6 Å². The zero-order chi connectivity index (χ0) is 19.4. The zero-order valence-electron chi connectivity index (χ0n) is 15.3. The van der Waals surface area contributed by atoms with Crippen LogP contribution in [-0.2, 0) is 14.8 Å². The third-order valence-electron chi connectivity index (χ3n) is 5.42. The molecule has 0 aromatic heterocycles. The molecule has 2 heterocycles. The van der Waals surface area contributed by atoms with Crippen LogP contribution in [0.4, 0.5) is 0 Å². The van der Waals surface area contributed by atoms with Crippen molar-refractivity contribution >= 4 is 21.9 Å². The van der Waals surface area contributed by atoms with Gasteiger partial charge in [0.05, 0.1) is 4.90 Å². The molecule has 27 heavy (non-hydrogen) atoms. The maximum absolute atomic E-state index is 12.7. The summed E-state index contributed by atoms with van der Waals surface area (Å²) in [6.45, 7) is 2.16. The molecule has 0 spiro atoms. The van der Waals surface area contributed by atoms with E-state index in [-0.39, 0.29) is 23.1 Å². The Bertz CT molecular complexity index is 777. The van der Waals surface area contributed by atoms with Crippen LogP contribution in [0.25, 0.3) is 0 Å². The van der Waals surface area contributed by atoms with E-state index in [0.717, 1.165) is 19.3 Å². The SMILES string of the molecule is O=C(O)CC1CCN(C(=O)c2ccc(S(=O)(=O)N3CCCCC3)cc2)CC1. The summed E-state index contributed by atoms with van der Waals surface area (Å²) in [4.78, 5) is 25.4. The molecule has 0 bridgehead atoms. The highest BCUT2D eigenvalue weighted by Gasteiger charge is 2.27. The van der Waals surface area contributed by atoms with Crippen molar-refractivity contribution < 1.29 is 23.1 Å². The van der Waals surface area contributed by atoms with Crippen LogP contribution in [0.3, 0.4) is 0 Å². The molecule has 0 aliphatic carbocycles. The van der Waals surface area contributed by atoms with Crippen molar-refractivity contribution in [1.82, 2.24) is 9.21 Å². The number of hydrogen-bond acceptors (Lipinski definition) is 4. The van der Waals surface area contributed by atoms with Crippen molar-refractivity contribution in [2.24, 2.45) is 5.92 Å². The lowest BCUT2D eigenvalue weighted by atomic mass is 9.93. The number of amides is 1. The standard InChI is InChI=1S/C19H26N2O5S/c22-18(23)14-15-8-12-20(13-9-15)19(24)16-4-6-17(7-5-16)27(25,26)21-10-2-1-3-11-21/h4-7,15H,1-3,8-14H2,(H,22,23).